The van der Waals surface area contributed by atoms with Crippen LogP contribution in [0.3, 0.4) is 0 Å². The first-order valence-electron chi connectivity index (χ1n) is 11.4. The molecule has 0 unspecified atom stereocenters. The molecule has 170 valence electrons. The van der Waals surface area contributed by atoms with Gasteiger partial charge in [0.1, 0.15) is 11.4 Å². The maximum Gasteiger partial charge on any atom is 0.258 e. The summed E-state index contributed by atoms with van der Waals surface area (Å²) < 4.78 is 0. The maximum atomic E-state index is 12.9. The zero-order valence-electron chi connectivity index (χ0n) is 19.5. The Kier molecular flexibility index (Phi) is 7.67. The van der Waals surface area contributed by atoms with Gasteiger partial charge in [0.15, 0.2) is 5.78 Å². The van der Waals surface area contributed by atoms with Crippen LogP contribution in [0, 0.1) is 6.92 Å². The predicted octanol–water partition coefficient (Wildman–Crippen LogP) is 5.91. The van der Waals surface area contributed by atoms with Crippen molar-refractivity contribution in [2.75, 3.05) is 0 Å². The zero-order chi connectivity index (χ0) is 23.3. The summed E-state index contributed by atoms with van der Waals surface area (Å²) in [6.07, 6.45) is 7.01. The molecule has 1 amide bonds. The van der Waals surface area contributed by atoms with Crippen molar-refractivity contribution >= 4 is 22.6 Å². The Hall–Kier alpha value is -3.15. The number of rotatable bonds is 6. The average Bonchev–Trinajstić information content (AvgIpc) is 3.37. The molecule has 1 aromatic heterocycles. The molecule has 0 saturated heterocycles. The number of ketones is 1. The van der Waals surface area contributed by atoms with E-state index in [-0.39, 0.29) is 28.7 Å². The summed E-state index contributed by atoms with van der Waals surface area (Å²) in [4.78, 5) is 26.3. The zero-order valence-corrected chi connectivity index (χ0v) is 19.5. The number of Topliss-reactive ketones (excluding diaryl/α,β-unsaturated/α-hetero) is 1. The van der Waals surface area contributed by atoms with Crippen molar-refractivity contribution in [3.63, 3.8) is 0 Å². The first-order valence-corrected chi connectivity index (χ1v) is 11.4. The number of carbonyl (C=O) groups excluding carboxylic acids is 2. The number of phenols is 1. The number of unbranched alkanes of at least 4 members (excludes halogenated alkanes) is 4. The lowest BCUT2D eigenvalue weighted by molar-refractivity contribution is 0.0748. The normalized spacial score (nSPS) is 12.4. The number of hydrogen-bond donors (Lipinski definition) is 2. The summed E-state index contributed by atoms with van der Waals surface area (Å²) in [5.41, 5.74) is 4.38. The highest BCUT2D eigenvalue weighted by molar-refractivity contribution is 6.08. The van der Waals surface area contributed by atoms with Crippen molar-refractivity contribution in [3.05, 3.63) is 58.3 Å². The van der Waals surface area contributed by atoms with Crippen LogP contribution in [0.2, 0.25) is 0 Å². The second-order valence-corrected chi connectivity index (χ2v) is 8.54. The van der Waals surface area contributed by atoms with Gasteiger partial charge in [-0.05, 0) is 24.1 Å². The number of hydrogen-bond acceptors (Lipinski definition) is 4. The summed E-state index contributed by atoms with van der Waals surface area (Å²) in [5.74, 6) is -0.577. The Morgan fingerprint density at radius 2 is 1.72 bits per heavy atom. The first kappa shape index (κ1) is 23.5. The lowest BCUT2D eigenvalue weighted by atomic mass is 10.1. The van der Waals surface area contributed by atoms with Gasteiger partial charge in [-0.3, -0.25) is 14.7 Å². The quantitative estimate of drug-likeness (QED) is 0.372. The molecule has 6 nitrogen and oxygen atoms in total. The molecule has 0 spiro atoms. The topological polar surface area (TPSA) is 86.3 Å². The molecule has 0 radical (unpaired) electrons. The van der Waals surface area contributed by atoms with Crippen LogP contribution in [0.15, 0.2) is 30.3 Å². The smallest absolute Gasteiger partial charge is 0.258 e. The van der Waals surface area contributed by atoms with Gasteiger partial charge in [-0.15, -0.1) is 0 Å². The molecule has 0 saturated carbocycles. The van der Waals surface area contributed by atoms with E-state index in [1.54, 1.807) is 11.0 Å². The number of benzene rings is 2. The monoisotopic (exact) mass is 435 g/mol. The molecule has 1 aliphatic heterocycles. The lowest BCUT2D eigenvalue weighted by Crippen LogP contribution is -2.25. The van der Waals surface area contributed by atoms with Gasteiger partial charge in [-0.2, -0.15) is 5.10 Å². The Balaban J connectivity index is 0.000000360. The van der Waals surface area contributed by atoms with Crippen molar-refractivity contribution in [2.45, 2.75) is 72.9 Å². The third-order valence-electron chi connectivity index (χ3n) is 5.82. The largest absolute Gasteiger partial charge is 0.507 e. The fourth-order valence-electron chi connectivity index (χ4n) is 4.01. The van der Waals surface area contributed by atoms with Gasteiger partial charge in [0, 0.05) is 31.5 Å². The van der Waals surface area contributed by atoms with E-state index < -0.39 is 0 Å². The van der Waals surface area contributed by atoms with E-state index in [2.05, 4.69) is 30.1 Å². The molecule has 2 heterocycles. The van der Waals surface area contributed by atoms with E-state index in [9.17, 15) is 14.7 Å². The number of aryl methyl sites for hydroxylation is 1. The molecule has 4 rings (SSSR count). The third-order valence-corrected chi connectivity index (χ3v) is 5.82. The van der Waals surface area contributed by atoms with Crippen LogP contribution in [0.4, 0.5) is 0 Å². The summed E-state index contributed by atoms with van der Waals surface area (Å²) in [6, 6.07) is 9.12. The maximum absolute atomic E-state index is 12.9. The van der Waals surface area contributed by atoms with E-state index in [1.165, 1.54) is 45.1 Å². The fraction of sp³-hybridized carbons (Fsp3) is 0.423. The first-order chi connectivity index (χ1) is 15.3. The molecule has 6 heteroatoms. The third kappa shape index (κ3) is 5.18. The average molecular weight is 436 g/mol. The SMILES string of the molecule is CC(=O)c1n[nH]c2cc(O)c(C(=O)N3Cc4ccc(C)cc4C3)cc12.CCCCCCC. The van der Waals surface area contributed by atoms with E-state index >= 15 is 0 Å². The van der Waals surface area contributed by atoms with Crippen LogP contribution in [0.1, 0.15) is 90.4 Å². The van der Waals surface area contributed by atoms with Crippen LogP contribution in [0.5, 0.6) is 5.75 Å². The minimum absolute atomic E-state index is 0.122. The molecule has 32 heavy (non-hydrogen) atoms. The van der Waals surface area contributed by atoms with E-state index in [1.807, 2.05) is 19.1 Å². The molecule has 3 aromatic rings. The minimum Gasteiger partial charge on any atom is -0.507 e. The van der Waals surface area contributed by atoms with Gasteiger partial charge in [0.05, 0.1) is 11.1 Å². The van der Waals surface area contributed by atoms with Crippen LogP contribution >= 0.6 is 0 Å². The van der Waals surface area contributed by atoms with Crippen LogP contribution in [0.25, 0.3) is 10.9 Å². The van der Waals surface area contributed by atoms with Gasteiger partial charge in [0.2, 0.25) is 0 Å². The number of aromatic amines is 1. The highest BCUT2D eigenvalue weighted by Crippen LogP contribution is 2.30. The van der Waals surface area contributed by atoms with E-state index in [0.717, 1.165) is 16.7 Å². The van der Waals surface area contributed by atoms with Crippen molar-refractivity contribution in [2.24, 2.45) is 0 Å². The van der Waals surface area contributed by atoms with Gasteiger partial charge in [-0.1, -0.05) is 69.7 Å². The van der Waals surface area contributed by atoms with Crippen LogP contribution < -0.4 is 0 Å². The molecule has 2 N–H and O–H groups in total. The van der Waals surface area contributed by atoms with E-state index in [4.69, 9.17) is 0 Å². The highest BCUT2D eigenvalue weighted by atomic mass is 16.3. The second kappa shape index (κ2) is 10.4. The number of carbonyl (C=O) groups is 2. The predicted molar refractivity (Wildman–Crippen MR) is 127 cm³/mol. The van der Waals surface area contributed by atoms with Crippen molar-refractivity contribution < 1.29 is 14.7 Å². The molecule has 0 aliphatic carbocycles. The summed E-state index contributed by atoms with van der Waals surface area (Å²) in [6.45, 7) is 8.95. The summed E-state index contributed by atoms with van der Waals surface area (Å²) in [7, 11) is 0. The van der Waals surface area contributed by atoms with Crippen molar-refractivity contribution in [1.82, 2.24) is 15.1 Å². The second-order valence-electron chi connectivity index (χ2n) is 8.54. The minimum atomic E-state index is -0.260. The van der Waals surface area contributed by atoms with Crippen molar-refractivity contribution in [3.8, 4) is 5.75 Å². The Bertz CT molecular complexity index is 1110. The number of phenolic OH excluding ortho intramolecular Hbond substituents is 1. The molecular weight excluding hydrogens is 402 g/mol. The summed E-state index contributed by atoms with van der Waals surface area (Å²) in [5, 5.41) is 17.5. The van der Waals surface area contributed by atoms with Gasteiger partial charge in [0.25, 0.3) is 5.91 Å². The Morgan fingerprint density at radius 1 is 1.03 bits per heavy atom. The molecule has 0 bridgehead atoms. The number of H-pyrrole nitrogens is 1. The molecule has 2 aromatic carbocycles. The number of amides is 1. The number of fused-ring (bicyclic) bond motifs is 2. The fourth-order valence-corrected chi connectivity index (χ4v) is 4.01. The number of aromatic nitrogens is 2. The number of aromatic hydroxyl groups is 1. The van der Waals surface area contributed by atoms with Crippen LogP contribution in [-0.2, 0) is 13.1 Å². The number of nitrogens with one attached hydrogen (secondary N) is 1. The molecular formula is C26H33N3O3. The van der Waals surface area contributed by atoms with Crippen molar-refractivity contribution in [1.29, 1.82) is 0 Å². The standard InChI is InChI=1S/C19H17N3O3.C7H16/c1-10-3-4-12-8-22(9-13(12)5-10)19(25)15-6-14-16(7-17(15)24)20-21-18(14)11(2)23;1-3-5-7-6-4-2/h3-7,24H,8-9H2,1-2H3,(H,20,21);3-7H2,1-2H3. The van der Waals surface area contributed by atoms with Gasteiger partial charge >= 0.3 is 0 Å². The number of nitrogens with zero attached hydrogens (tertiary/aromatic N) is 2. The van der Waals surface area contributed by atoms with Gasteiger partial charge < -0.3 is 10.0 Å². The Morgan fingerprint density at radius 3 is 2.38 bits per heavy atom. The van der Waals surface area contributed by atoms with Crippen LogP contribution in [-0.4, -0.2) is 31.9 Å². The Labute approximate surface area is 189 Å². The molecule has 0 atom stereocenters. The highest BCUT2D eigenvalue weighted by Gasteiger charge is 2.27. The lowest BCUT2D eigenvalue weighted by Gasteiger charge is -2.16. The molecule has 1 aliphatic rings. The summed E-state index contributed by atoms with van der Waals surface area (Å²) >= 11 is 0. The van der Waals surface area contributed by atoms with E-state index in [0.29, 0.717) is 24.0 Å². The molecule has 0 fully saturated rings. The van der Waals surface area contributed by atoms with Gasteiger partial charge in [-0.25, -0.2) is 0 Å².